The number of hydrogen-bond donors (Lipinski definition) is 1. The summed E-state index contributed by atoms with van der Waals surface area (Å²) in [5, 5.41) is 0. The van der Waals surface area contributed by atoms with Gasteiger partial charge in [0.2, 0.25) is 10.0 Å². The van der Waals surface area contributed by atoms with Crippen LogP contribution in [0.15, 0.2) is 23.1 Å². The molecular formula is C13H20N2O2S. The lowest BCUT2D eigenvalue weighted by Gasteiger charge is -2.17. The third-order valence-electron chi connectivity index (χ3n) is 3.54. The number of anilines is 1. The summed E-state index contributed by atoms with van der Waals surface area (Å²) >= 11 is 0. The lowest BCUT2D eigenvalue weighted by molar-refractivity contribution is 0.453. The van der Waals surface area contributed by atoms with E-state index in [-0.39, 0.29) is 0 Å². The first-order valence-electron chi connectivity index (χ1n) is 6.31. The van der Waals surface area contributed by atoms with E-state index in [1.807, 2.05) is 6.92 Å². The number of nitrogens with two attached hydrogens (primary N) is 1. The van der Waals surface area contributed by atoms with Crippen LogP contribution in [0.4, 0.5) is 5.69 Å². The molecule has 0 bridgehead atoms. The van der Waals surface area contributed by atoms with Gasteiger partial charge >= 0.3 is 0 Å². The second kappa shape index (κ2) is 4.90. The third-order valence-corrected chi connectivity index (χ3v) is 5.38. The van der Waals surface area contributed by atoms with Gasteiger partial charge < -0.3 is 5.73 Å². The van der Waals surface area contributed by atoms with Gasteiger partial charge in [-0.25, -0.2) is 8.42 Å². The third kappa shape index (κ3) is 2.52. The fourth-order valence-corrected chi connectivity index (χ4v) is 4.09. The van der Waals surface area contributed by atoms with Gasteiger partial charge in [-0.15, -0.1) is 0 Å². The highest BCUT2D eigenvalue weighted by molar-refractivity contribution is 7.89. The van der Waals surface area contributed by atoms with Crippen molar-refractivity contribution in [1.29, 1.82) is 0 Å². The Morgan fingerprint density at radius 1 is 1.39 bits per heavy atom. The topological polar surface area (TPSA) is 63.4 Å². The van der Waals surface area contributed by atoms with Gasteiger partial charge in [-0.3, -0.25) is 0 Å². The molecule has 1 unspecified atom stereocenters. The van der Waals surface area contributed by atoms with E-state index < -0.39 is 10.0 Å². The van der Waals surface area contributed by atoms with E-state index in [9.17, 15) is 8.42 Å². The van der Waals surface area contributed by atoms with Gasteiger partial charge in [0.05, 0.1) is 4.90 Å². The van der Waals surface area contributed by atoms with Crippen molar-refractivity contribution in [1.82, 2.24) is 4.31 Å². The number of benzene rings is 1. The summed E-state index contributed by atoms with van der Waals surface area (Å²) in [5.74, 6) is 0.488. The predicted octanol–water partition coefficient (Wildman–Crippen LogP) is 2.00. The molecule has 0 aromatic heterocycles. The number of rotatable bonds is 3. The molecule has 4 nitrogen and oxygen atoms in total. The summed E-state index contributed by atoms with van der Waals surface area (Å²) in [6, 6.07) is 5.00. The van der Waals surface area contributed by atoms with Crippen LogP contribution in [0.2, 0.25) is 0 Å². The second-order valence-electron chi connectivity index (χ2n) is 5.01. The van der Waals surface area contributed by atoms with E-state index in [0.717, 1.165) is 18.4 Å². The highest BCUT2D eigenvalue weighted by Crippen LogP contribution is 2.27. The molecule has 100 valence electrons. The van der Waals surface area contributed by atoms with E-state index in [1.54, 1.807) is 22.5 Å². The first-order chi connectivity index (χ1) is 8.43. The first kappa shape index (κ1) is 13.4. The molecule has 0 aliphatic carbocycles. The Hall–Kier alpha value is -1.07. The fraction of sp³-hybridized carbons (Fsp3) is 0.538. The van der Waals surface area contributed by atoms with Crippen molar-refractivity contribution in [3.05, 3.63) is 23.8 Å². The summed E-state index contributed by atoms with van der Waals surface area (Å²) in [6.45, 7) is 5.21. The molecule has 0 radical (unpaired) electrons. The van der Waals surface area contributed by atoms with Crippen molar-refractivity contribution in [2.24, 2.45) is 5.92 Å². The molecule has 1 aromatic carbocycles. The molecule has 1 aromatic rings. The number of hydrogen-bond acceptors (Lipinski definition) is 3. The summed E-state index contributed by atoms with van der Waals surface area (Å²) < 4.78 is 26.5. The van der Waals surface area contributed by atoms with Gasteiger partial charge in [0, 0.05) is 18.8 Å². The molecule has 1 aliphatic heterocycles. The van der Waals surface area contributed by atoms with Crippen molar-refractivity contribution < 1.29 is 8.42 Å². The van der Waals surface area contributed by atoms with Crippen LogP contribution in [0.3, 0.4) is 0 Å². The Balaban J connectivity index is 2.31. The van der Waals surface area contributed by atoms with Crippen LogP contribution in [0.1, 0.15) is 25.3 Å². The van der Waals surface area contributed by atoms with Crippen LogP contribution < -0.4 is 5.73 Å². The number of nitrogen functional groups attached to an aromatic ring is 1. The quantitative estimate of drug-likeness (QED) is 0.853. The Kier molecular flexibility index (Phi) is 3.64. The Bertz CT molecular complexity index is 520. The highest BCUT2D eigenvalue weighted by Gasteiger charge is 2.31. The molecule has 1 fully saturated rings. The van der Waals surface area contributed by atoms with Crippen LogP contribution in [0.25, 0.3) is 0 Å². The maximum Gasteiger partial charge on any atom is 0.243 e. The second-order valence-corrected chi connectivity index (χ2v) is 6.94. The van der Waals surface area contributed by atoms with Gasteiger partial charge in [0.1, 0.15) is 0 Å². The van der Waals surface area contributed by atoms with Crippen molar-refractivity contribution in [2.75, 3.05) is 18.8 Å². The zero-order valence-corrected chi connectivity index (χ0v) is 11.7. The van der Waals surface area contributed by atoms with E-state index >= 15 is 0 Å². The summed E-state index contributed by atoms with van der Waals surface area (Å²) in [4.78, 5) is 0.316. The van der Waals surface area contributed by atoms with E-state index in [2.05, 4.69) is 6.92 Å². The maximum absolute atomic E-state index is 12.5. The lowest BCUT2D eigenvalue weighted by Crippen LogP contribution is -2.29. The first-order valence-corrected chi connectivity index (χ1v) is 7.75. The molecule has 1 aliphatic rings. The van der Waals surface area contributed by atoms with Crippen molar-refractivity contribution in [2.45, 2.75) is 31.6 Å². The molecule has 1 saturated heterocycles. The highest BCUT2D eigenvalue weighted by atomic mass is 32.2. The SMILES string of the molecule is CCC1CCN(S(=O)(=O)c2cc(C)cc(N)c2)C1. The molecule has 1 atom stereocenters. The van der Waals surface area contributed by atoms with Gasteiger partial charge in [0.15, 0.2) is 0 Å². The predicted molar refractivity (Wildman–Crippen MR) is 72.7 cm³/mol. The Morgan fingerprint density at radius 2 is 2.11 bits per heavy atom. The minimum Gasteiger partial charge on any atom is -0.399 e. The van der Waals surface area contributed by atoms with Gasteiger partial charge in [0.25, 0.3) is 0 Å². The Labute approximate surface area is 109 Å². The van der Waals surface area contributed by atoms with Gasteiger partial charge in [-0.05, 0) is 43.0 Å². The van der Waals surface area contributed by atoms with Crippen LogP contribution in [-0.2, 0) is 10.0 Å². The van der Waals surface area contributed by atoms with E-state index in [0.29, 0.717) is 29.6 Å². The van der Waals surface area contributed by atoms with Crippen LogP contribution in [-0.4, -0.2) is 25.8 Å². The van der Waals surface area contributed by atoms with Gasteiger partial charge in [-0.1, -0.05) is 13.3 Å². The molecule has 2 rings (SSSR count). The minimum atomic E-state index is -3.37. The number of nitrogens with zero attached hydrogens (tertiary/aromatic N) is 1. The molecule has 2 N–H and O–H groups in total. The zero-order valence-electron chi connectivity index (χ0n) is 10.9. The van der Waals surface area contributed by atoms with E-state index in [4.69, 9.17) is 5.73 Å². The average molecular weight is 268 g/mol. The number of aryl methyl sites for hydroxylation is 1. The minimum absolute atomic E-state index is 0.316. The summed E-state index contributed by atoms with van der Waals surface area (Å²) in [7, 11) is -3.37. The molecule has 5 heteroatoms. The molecule has 18 heavy (non-hydrogen) atoms. The lowest BCUT2D eigenvalue weighted by atomic mass is 10.1. The smallest absolute Gasteiger partial charge is 0.243 e. The van der Waals surface area contributed by atoms with Crippen molar-refractivity contribution in [3.63, 3.8) is 0 Å². The summed E-state index contributed by atoms with van der Waals surface area (Å²) in [6.07, 6.45) is 1.99. The Morgan fingerprint density at radius 3 is 2.67 bits per heavy atom. The largest absolute Gasteiger partial charge is 0.399 e. The standard InChI is InChI=1S/C13H20N2O2S/c1-3-11-4-5-15(9-11)18(16,17)13-7-10(2)6-12(14)8-13/h6-8,11H,3-5,9,14H2,1-2H3. The van der Waals surface area contributed by atoms with Crippen LogP contribution in [0, 0.1) is 12.8 Å². The van der Waals surface area contributed by atoms with Crippen LogP contribution >= 0.6 is 0 Å². The fourth-order valence-electron chi connectivity index (χ4n) is 2.42. The van der Waals surface area contributed by atoms with Crippen molar-refractivity contribution in [3.8, 4) is 0 Å². The molecule has 1 heterocycles. The molecular weight excluding hydrogens is 248 g/mol. The average Bonchev–Trinajstić information content (AvgIpc) is 2.76. The number of sulfonamides is 1. The molecule has 0 saturated carbocycles. The zero-order chi connectivity index (χ0) is 13.3. The van der Waals surface area contributed by atoms with Crippen LogP contribution in [0.5, 0.6) is 0 Å². The molecule has 0 amide bonds. The normalized spacial score (nSPS) is 21.3. The van der Waals surface area contributed by atoms with Gasteiger partial charge in [-0.2, -0.15) is 4.31 Å². The maximum atomic E-state index is 12.5. The monoisotopic (exact) mass is 268 g/mol. The summed E-state index contributed by atoms with van der Waals surface area (Å²) in [5.41, 5.74) is 7.10. The molecule has 0 spiro atoms. The van der Waals surface area contributed by atoms with E-state index in [1.165, 1.54) is 0 Å². The van der Waals surface area contributed by atoms with Crippen molar-refractivity contribution >= 4 is 15.7 Å².